The molecule has 7 heteroatoms. The van der Waals surface area contributed by atoms with E-state index in [1.165, 1.54) is 11.1 Å². The highest BCUT2D eigenvalue weighted by molar-refractivity contribution is 6.02. The van der Waals surface area contributed by atoms with Crippen molar-refractivity contribution in [3.8, 4) is 5.75 Å². The Labute approximate surface area is 233 Å². The smallest absolute Gasteiger partial charge is 0.249 e. The molecule has 1 amide bonds. The summed E-state index contributed by atoms with van der Waals surface area (Å²) >= 11 is 0. The molecule has 2 aliphatic rings. The van der Waals surface area contributed by atoms with Gasteiger partial charge in [0.2, 0.25) is 11.7 Å². The number of carbonyl (C=O) groups is 1. The summed E-state index contributed by atoms with van der Waals surface area (Å²) in [4.78, 5) is 13.5. The lowest BCUT2D eigenvalue weighted by Crippen LogP contribution is -2.42. The minimum atomic E-state index is -1.31. The van der Waals surface area contributed by atoms with Gasteiger partial charge in [0.1, 0.15) is 0 Å². The largest absolute Gasteiger partial charge is 0.488 e. The Morgan fingerprint density at radius 2 is 1.68 bits per heavy atom. The average Bonchev–Trinajstić information content (AvgIpc) is 3.82. The van der Waals surface area contributed by atoms with Gasteiger partial charge < -0.3 is 15.4 Å². The molecular formula is C33H35F3N2O2. The maximum atomic E-state index is 13.8. The van der Waals surface area contributed by atoms with Crippen molar-refractivity contribution >= 4 is 11.5 Å². The molecule has 0 saturated heterocycles. The van der Waals surface area contributed by atoms with Crippen LogP contribution < -0.4 is 15.4 Å². The Kier molecular flexibility index (Phi) is 8.90. The average molecular weight is 549 g/mol. The van der Waals surface area contributed by atoms with Crippen molar-refractivity contribution < 1.29 is 22.7 Å². The number of rotatable bonds is 11. The molecule has 3 aromatic carbocycles. The number of hydrogen-bond acceptors (Lipinski definition) is 3. The van der Waals surface area contributed by atoms with Gasteiger partial charge in [-0.3, -0.25) is 4.79 Å². The van der Waals surface area contributed by atoms with Crippen LogP contribution in [0.2, 0.25) is 0 Å². The zero-order valence-electron chi connectivity index (χ0n) is 22.7. The molecule has 0 radical (unpaired) electrons. The molecular weight excluding hydrogens is 513 g/mol. The maximum Gasteiger partial charge on any atom is 0.249 e. The molecule has 1 atom stereocenters. The van der Waals surface area contributed by atoms with Crippen molar-refractivity contribution in [1.29, 1.82) is 0 Å². The van der Waals surface area contributed by atoms with Gasteiger partial charge in [-0.1, -0.05) is 54.1 Å². The van der Waals surface area contributed by atoms with Gasteiger partial charge in [-0.05, 0) is 92.3 Å². The third-order valence-corrected chi connectivity index (χ3v) is 7.74. The van der Waals surface area contributed by atoms with Gasteiger partial charge >= 0.3 is 0 Å². The highest BCUT2D eigenvalue weighted by atomic mass is 19.2. The SMILES string of the molecule is Cc1ccc(CC(NC(=O)C2=C(c3ccc(CCCOc4c(F)ccc(F)c4F)cc3)CCNC2)C2CC2)cc1. The quantitative estimate of drug-likeness (QED) is 0.218. The van der Waals surface area contributed by atoms with E-state index < -0.39 is 23.2 Å². The van der Waals surface area contributed by atoms with Gasteiger partial charge in [0.25, 0.3) is 0 Å². The summed E-state index contributed by atoms with van der Waals surface area (Å²) in [6, 6.07) is 18.3. The summed E-state index contributed by atoms with van der Waals surface area (Å²) < 4.78 is 46.0. The summed E-state index contributed by atoms with van der Waals surface area (Å²) in [5.74, 6) is -3.51. The number of benzene rings is 3. The number of amides is 1. The molecule has 210 valence electrons. The van der Waals surface area contributed by atoms with Crippen LogP contribution in [0.15, 0.2) is 66.2 Å². The highest BCUT2D eigenvalue weighted by Gasteiger charge is 2.33. The summed E-state index contributed by atoms with van der Waals surface area (Å²) in [5.41, 5.74) is 6.39. The summed E-state index contributed by atoms with van der Waals surface area (Å²) in [6.45, 7) is 3.49. The van der Waals surface area contributed by atoms with Gasteiger partial charge in [0.05, 0.1) is 6.61 Å². The van der Waals surface area contributed by atoms with E-state index in [-0.39, 0.29) is 18.6 Å². The van der Waals surface area contributed by atoms with Crippen molar-refractivity contribution in [1.82, 2.24) is 10.6 Å². The molecule has 3 aromatic rings. The van der Waals surface area contributed by atoms with Crippen LogP contribution >= 0.6 is 0 Å². The van der Waals surface area contributed by atoms with Crippen LogP contribution in [0.3, 0.4) is 0 Å². The lowest BCUT2D eigenvalue weighted by Gasteiger charge is -2.25. The van der Waals surface area contributed by atoms with Crippen LogP contribution in [0.5, 0.6) is 5.75 Å². The third-order valence-electron chi connectivity index (χ3n) is 7.74. The Balaban J connectivity index is 1.21. The molecule has 40 heavy (non-hydrogen) atoms. The molecule has 1 heterocycles. The molecule has 0 spiro atoms. The van der Waals surface area contributed by atoms with E-state index in [0.29, 0.717) is 25.3 Å². The zero-order chi connectivity index (χ0) is 28.1. The normalized spacial score (nSPS) is 16.1. The van der Waals surface area contributed by atoms with E-state index in [1.807, 2.05) is 24.3 Å². The number of nitrogens with one attached hydrogen (secondary N) is 2. The molecule has 0 bridgehead atoms. The second-order valence-corrected chi connectivity index (χ2v) is 10.8. The molecule has 1 saturated carbocycles. The number of halogens is 3. The predicted octanol–water partition coefficient (Wildman–Crippen LogP) is 6.31. The van der Waals surface area contributed by atoms with Crippen molar-refractivity contribution in [3.05, 3.63) is 106 Å². The van der Waals surface area contributed by atoms with Crippen molar-refractivity contribution in [3.63, 3.8) is 0 Å². The molecule has 0 aromatic heterocycles. The zero-order valence-corrected chi connectivity index (χ0v) is 22.7. The molecule has 5 rings (SSSR count). The number of ether oxygens (including phenoxy) is 1. The standard InChI is InChI=1S/C33H35F3N2O2/c1-21-4-6-23(7-5-21)19-30(25-12-13-25)38-33(39)27-20-37-17-16-26(27)24-10-8-22(9-11-24)3-2-18-40-32-29(35)15-14-28(34)31(32)36/h4-11,14-15,25,30,37H,2-3,12-13,16-20H2,1H3,(H,38,39). The van der Waals surface area contributed by atoms with Crippen LogP contribution in [0.4, 0.5) is 13.2 Å². The van der Waals surface area contributed by atoms with Gasteiger partial charge in [0, 0.05) is 18.2 Å². The first-order valence-electron chi connectivity index (χ1n) is 14.0. The fourth-order valence-electron chi connectivity index (χ4n) is 5.25. The van der Waals surface area contributed by atoms with Crippen LogP contribution in [0, 0.1) is 30.3 Å². The topological polar surface area (TPSA) is 50.4 Å². The van der Waals surface area contributed by atoms with Crippen LogP contribution in [0.1, 0.15) is 47.9 Å². The first-order chi connectivity index (χ1) is 19.4. The second kappa shape index (κ2) is 12.7. The van der Waals surface area contributed by atoms with Gasteiger partial charge in [-0.2, -0.15) is 4.39 Å². The van der Waals surface area contributed by atoms with Crippen molar-refractivity contribution in [2.24, 2.45) is 5.92 Å². The Hall–Kier alpha value is -3.58. The molecule has 1 aliphatic heterocycles. The summed E-state index contributed by atoms with van der Waals surface area (Å²) in [7, 11) is 0. The Bertz CT molecular complexity index is 1370. The van der Waals surface area contributed by atoms with Crippen LogP contribution in [-0.4, -0.2) is 31.6 Å². The van der Waals surface area contributed by atoms with Crippen molar-refractivity contribution in [2.45, 2.75) is 51.5 Å². The monoisotopic (exact) mass is 548 g/mol. The molecule has 4 nitrogen and oxygen atoms in total. The lowest BCUT2D eigenvalue weighted by atomic mass is 9.92. The highest BCUT2D eigenvalue weighted by Crippen LogP contribution is 2.35. The van der Waals surface area contributed by atoms with E-state index in [9.17, 15) is 18.0 Å². The fourth-order valence-corrected chi connectivity index (χ4v) is 5.25. The summed E-state index contributed by atoms with van der Waals surface area (Å²) in [6.07, 6.45) is 5.06. The number of carbonyl (C=O) groups excluding carboxylic acids is 1. The third kappa shape index (κ3) is 6.94. The van der Waals surface area contributed by atoms with Crippen LogP contribution in [-0.2, 0) is 17.6 Å². The Morgan fingerprint density at radius 1 is 0.975 bits per heavy atom. The van der Waals surface area contributed by atoms with Gasteiger partial charge in [-0.25, -0.2) is 8.78 Å². The number of aryl methyl sites for hydroxylation is 2. The van der Waals surface area contributed by atoms with Gasteiger partial charge in [0.15, 0.2) is 17.4 Å². The minimum Gasteiger partial charge on any atom is -0.488 e. The molecule has 2 N–H and O–H groups in total. The number of hydrogen-bond donors (Lipinski definition) is 2. The van der Waals surface area contributed by atoms with Crippen LogP contribution in [0.25, 0.3) is 5.57 Å². The second-order valence-electron chi connectivity index (χ2n) is 10.8. The first kappa shape index (κ1) is 28.0. The van der Waals surface area contributed by atoms with E-state index in [1.54, 1.807) is 0 Å². The molecule has 1 fully saturated rings. The maximum absolute atomic E-state index is 13.8. The van der Waals surface area contributed by atoms with E-state index in [4.69, 9.17) is 4.74 Å². The minimum absolute atomic E-state index is 0.00394. The fraction of sp³-hybridized carbons (Fsp3) is 0.364. The van der Waals surface area contributed by atoms with E-state index in [0.717, 1.165) is 66.6 Å². The van der Waals surface area contributed by atoms with E-state index in [2.05, 4.69) is 41.8 Å². The first-order valence-corrected chi connectivity index (χ1v) is 14.0. The van der Waals surface area contributed by atoms with E-state index >= 15 is 0 Å². The molecule has 1 aliphatic carbocycles. The molecule has 1 unspecified atom stereocenters. The van der Waals surface area contributed by atoms with Gasteiger partial charge in [-0.15, -0.1) is 0 Å². The summed E-state index contributed by atoms with van der Waals surface area (Å²) in [5, 5.41) is 6.71. The predicted molar refractivity (Wildman–Crippen MR) is 151 cm³/mol. The van der Waals surface area contributed by atoms with Crippen molar-refractivity contribution in [2.75, 3.05) is 19.7 Å². The lowest BCUT2D eigenvalue weighted by molar-refractivity contribution is -0.118. The Morgan fingerprint density at radius 3 is 2.40 bits per heavy atom.